The summed E-state index contributed by atoms with van der Waals surface area (Å²) in [5.74, 6) is 2.72. The standard InChI is InChI=1S/C4H6N8S/c1(3-5-9-10-6-3)13-2-4-7-11-12-8-4/h1-2H2,(H,5,6,9,10)(H,7,8,11,12). The first-order valence-electron chi connectivity index (χ1n) is 3.47. The van der Waals surface area contributed by atoms with E-state index in [4.69, 9.17) is 0 Å². The fourth-order valence-electron chi connectivity index (χ4n) is 0.721. The van der Waals surface area contributed by atoms with E-state index in [-0.39, 0.29) is 0 Å². The van der Waals surface area contributed by atoms with Crippen LogP contribution in [0, 0.1) is 0 Å². The molecule has 0 radical (unpaired) electrons. The van der Waals surface area contributed by atoms with Crippen LogP contribution in [0.2, 0.25) is 0 Å². The molecular formula is C4H6N8S. The third-order valence-corrected chi connectivity index (χ3v) is 2.17. The minimum Gasteiger partial charge on any atom is -0.177 e. The summed E-state index contributed by atoms with van der Waals surface area (Å²) >= 11 is 1.60. The molecule has 0 amide bonds. The lowest BCUT2D eigenvalue weighted by molar-refractivity contribution is 0.881. The summed E-state index contributed by atoms with van der Waals surface area (Å²) in [6.07, 6.45) is 0. The Balaban J connectivity index is 1.76. The van der Waals surface area contributed by atoms with Gasteiger partial charge in [-0.15, -0.1) is 32.2 Å². The molecule has 0 aliphatic carbocycles. The molecule has 8 nitrogen and oxygen atoms in total. The summed E-state index contributed by atoms with van der Waals surface area (Å²) in [5, 5.41) is 26.8. The summed E-state index contributed by atoms with van der Waals surface area (Å²) < 4.78 is 0. The van der Waals surface area contributed by atoms with Gasteiger partial charge in [-0.2, -0.15) is 10.4 Å². The Bertz CT molecular complexity index is 293. The van der Waals surface area contributed by atoms with E-state index in [0.29, 0.717) is 23.2 Å². The molecule has 0 saturated carbocycles. The molecule has 0 unspecified atom stereocenters. The van der Waals surface area contributed by atoms with E-state index in [0.717, 1.165) is 0 Å². The second-order valence-electron chi connectivity index (χ2n) is 2.15. The molecule has 0 aliphatic rings. The van der Waals surface area contributed by atoms with Crippen LogP contribution < -0.4 is 0 Å². The smallest absolute Gasteiger partial charge is 0.177 e. The number of hydrogen-bond donors (Lipinski definition) is 2. The lowest BCUT2D eigenvalue weighted by atomic mass is 10.7. The highest BCUT2D eigenvalue weighted by Gasteiger charge is 2.01. The zero-order chi connectivity index (χ0) is 8.93. The second-order valence-corrected chi connectivity index (χ2v) is 3.13. The Morgan fingerprint density at radius 3 is 1.85 bits per heavy atom. The molecule has 13 heavy (non-hydrogen) atoms. The minimum absolute atomic E-state index is 0.675. The molecule has 2 aromatic rings. The molecule has 9 heteroatoms. The number of nitrogens with zero attached hydrogens (tertiary/aromatic N) is 6. The van der Waals surface area contributed by atoms with Crippen molar-refractivity contribution in [2.24, 2.45) is 0 Å². The molecular weight excluding hydrogens is 192 g/mol. The lowest BCUT2D eigenvalue weighted by Crippen LogP contribution is -1.88. The Labute approximate surface area is 76.9 Å². The number of thioether (sulfide) groups is 1. The number of hydrogen-bond acceptors (Lipinski definition) is 7. The number of aromatic nitrogens is 8. The monoisotopic (exact) mass is 198 g/mol. The van der Waals surface area contributed by atoms with Crippen LogP contribution in [0.5, 0.6) is 0 Å². The Morgan fingerprint density at radius 2 is 1.46 bits per heavy atom. The number of rotatable bonds is 4. The zero-order valence-corrected chi connectivity index (χ0v) is 7.32. The van der Waals surface area contributed by atoms with Gasteiger partial charge in [-0.3, -0.25) is 0 Å². The van der Waals surface area contributed by atoms with Gasteiger partial charge < -0.3 is 0 Å². The lowest BCUT2D eigenvalue weighted by Gasteiger charge is -1.90. The summed E-state index contributed by atoms with van der Waals surface area (Å²) in [5.41, 5.74) is 0. The van der Waals surface area contributed by atoms with Gasteiger partial charge in [0, 0.05) is 0 Å². The first-order chi connectivity index (χ1) is 6.45. The van der Waals surface area contributed by atoms with Gasteiger partial charge in [-0.05, 0) is 0 Å². The van der Waals surface area contributed by atoms with E-state index in [1.54, 1.807) is 11.8 Å². The van der Waals surface area contributed by atoms with Crippen molar-refractivity contribution in [2.45, 2.75) is 11.5 Å². The maximum Gasteiger partial charge on any atom is 0.184 e. The van der Waals surface area contributed by atoms with Crippen molar-refractivity contribution in [3.63, 3.8) is 0 Å². The largest absolute Gasteiger partial charge is 0.184 e. The van der Waals surface area contributed by atoms with E-state index in [1.807, 2.05) is 0 Å². The number of H-pyrrole nitrogens is 2. The van der Waals surface area contributed by atoms with Gasteiger partial charge in [-0.1, -0.05) is 10.4 Å². The van der Waals surface area contributed by atoms with Gasteiger partial charge >= 0.3 is 0 Å². The van der Waals surface area contributed by atoms with Crippen LogP contribution in [-0.4, -0.2) is 41.2 Å². The molecule has 2 heterocycles. The van der Waals surface area contributed by atoms with Crippen molar-refractivity contribution in [1.82, 2.24) is 41.2 Å². The van der Waals surface area contributed by atoms with Crippen LogP contribution in [-0.2, 0) is 11.5 Å². The van der Waals surface area contributed by atoms with Gasteiger partial charge in [-0.25, -0.2) is 0 Å². The normalized spacial score (nSPS) is 10.5. The maximum absolute atomic E-state index is 3.80. The Hall–Kier alpha value is -1.51. The van der Waals surface area contributed by atoms with Crippen LogP contribution in [0.4, 0.5) is 0 Å². The third kappa shape index (κ3) is 2.21. The first-order valence-corrected chi connectivity index (χ1v) is 4.63. The van der Waals surface area contributed by atoms with Crippen molar-refractivity contribution in [2.75, 3.05) is 0 Å². The molecule has 0 atom stereocenters. The average Bonchev–Trinajstić information content (AvgIpc) is 2.75. The van der Waals surface area contributed by atoms with Crippen LogP contribution in [0.25, 0.3) is 0 Å². The number of tetrazole rings is 2. The fourth-order valence-corrected chi connectivity index (χ4v) is 1.43. The summed E-state index contributed by atoms with van der Waals surface area (Å²) in [6.45, 7) is 0. The maximum atomic E-state index is 3.80. The van der Waals surface area contributed by atoms with Crippen LogP contribution in [0.3, 0.4) is 0 Å². The average molecular weight is 198 g/mol. The van der Waals surface area contributed by atoms with Gasteiger partial charge in [0.05, 0.1) is 11.5 Å². The summed E-state index contributed by atoms with van der Waals surface area (Å²) in [4.78, 5) is 0. The highest BCUT2D eigenvalue weighted by atomic mass is 32.2. The minimum atomic E-state index is 0.675. The third-order valence-electron chi connectivity index (χ3n) is 1.24. The zero-order valence-electron chi connectivity index (χ0n) is 6.51. The van der Waals surface area contributed by atoms with Gasteiger partial charge in [0.1, 0.15) is 0 Å². The predicted molar refractivity (Wildman–Crippen MR) is 43.4 cm³/mol. The van der Waals surface area contributed by atoms with Gasteiger partial charge in [0.2, 0.25) is 0 Å². The van der Waals surface area contributed by atoms with Gasteiger partial charge in [0.25, 0.3) is 0 Å². The predicted octanol–water partition coefficient (Wildman–Crippen LogP) is -0.854. The molecule has 2 rings (SSSR count). The second kappa shape index (κ2) is 3.94. The molecule has 2 aromatic heterocycles. The van der Waals surface area contributed by atoms with Crippen molar-refractivity contribution >= 4 is 11.8 Å². The topological polar surface area (TPSA) is 109 Å². The fraction of sp³-hybridized carbons (Fsp3) is 0.500. The van der Waals surface area contributed by atoms with Crippen LogP contribution >= 0.6 is 11.8 Å². The Morgan fingerprint density at radius 1 is 0.923 bits per heavy atom. The van der Waals surface area contributed by atoms with Crippen LogP contribution in [0.1, 0.15) is 11.6 Å². The molecule has 0 aliphatic heterocycles. The SMILES string of the molecule is C(SCc1nn[nH]n1)c1nn[nH]n1. The molecule has 2 N–H and O–H groups in total. The van der Waals surface area contributed by atoms with Crippen molar-refractivity contribution < 1.29 is 0 Å². The van der Waals surface area contributed by atoms with Gasteiger partial charge in [0.15, 0.2) is 11.6 Å². The van der Waals surface area contributed by atoms with Crippen molar-refractivity contribution in [1.29, 1.82) is 0 Å². The van der Waals surface area contributed by atoms with E-state index >= 15 is 0 Å². The summed E-state index contributed by atoms with van der Waals surface area (Å²) in [7, 11) is 0. The van der Waals surface area contributed by atoms with E-state index in [2.05, 4.69) is 41.2 Å². The quantitative estimate of drug-likeness (QED) is 0.658. The number of aromatic amines is 2. The highest BCUT2D eigenvalue weighted by Crippen LogP contribution is 2.10. The van der Waals surface area contributed by atoms with E-state index < -0.39 is 0 Å². The molecule has 0 spiro atoms. The molecule has 0 saturated heterocycles. The highest BCUT2D eigenvalue weighted by molar-refractivity contribution is 7.97. The molecule has 0 fully saturated rings. The Kier molecular flexibility index (Phi) is 2.45. The summed E-state index contributed by atoms with van der Waals surface area (Å²) in [6, 6.07) is 0. The molecule has 0 bridgehead atoms. The van der Waals surface area contributed by atoms with E-state index in [1.165, 1.54) is 0 Å². The van der Waals surface area contributed by atoms with Crippen molar-refractivity contribution in [3.8, 4) is 0 Å². The molecule has 0 aromatic carbocycles. The van der Waals surface area contributed by atoms with Crippen molar-refractivity contribution in [3.05, 3.63) is 11.6 Å². The molecule has 68 valence electrons. The first kappa shape index (κ1) is 8.10. The number of nitrogens with one attached hydrogen (secondary N) is 2. The van der Waals surface area contributed by atoms with Crippen LogP contribution in [0.15, 0.2) is 0 Å². The van der Waals surface area contributed by atoms with E-state index in [9.17, 15) is 0 Å².